The predicted octanol–water partition coefficient (Wildman–Crippen LogP) is 2.90. The zero-order valence-electron chi connectivity index (χ0n) is 12.8. The molecule has 5 heteroatoms. The van der Waals surface area contributed by atoms with Gasteiger partial charge in [-0.05, 0) is 42.8 Å². The topological polar surface area (TPSA) is 53.2 Å². The summed E-state index contributed by atoms with van der Waals surface area (Å²) in [6.45, 7) is 2.03. The van der Waals surface area contributed by atoms with Gasteiger partial charge >= 0.3 is 0 Å². The average molecular weight is 316 g/mol. The van der Waals surface area contributed by atoms with Gasteiger partial charge in [0, 0.05) is 47.4 Å². The second-order valence-electron chi connectivity index (χ2n) is 5.88. The van der Waals surface area contributed by atoms with Crippen molar-refractivity contribution in [1.29, 1.82) is 0 Å². The molecule has 0 amide bonds. The molecule has 1 aliphatic heterocycles. The molecule has 1 aromatic carbocycles. The molecule has 1 N–H and O–H groups in total. The zero-order chi connectivity index (χ0) is 15.7. The molecule has 0 aliphatic carbocycles. The van der Waals surface area contributed by atoms with E-state index in [9.17, 15) is 8.42 Å². The molecular formula is C17H20N2O2S. The largest absolute Gasteiger partial charge is 0.361 e. The van der Waals surface area contributed by atoms with Crippen LogP contribution in [0.15, 0.2) is 35.9 Å². The summed E-state index contributed by atoms with van der Waals surface area (Å²) in [6, 6.07) is 5.96. The Morgan fingerprint density at radius 1 is 1.32 bits per heavy atom. The van der Waals surface area contributed by atoms with Crippen molar-refractivity contribution in [2.75, 3.05) is 26.4 Å². The fourth-order valence-electron chi connectivity index (χ4n) is 2.73. The number of nitrogens with zero attached hydrogens (tertiary/aromatic N) is 1. The molecule has 22 heavy (non-hydrogen) atoms. The molecule has 4 nitrogen and oxygen atoms in total. The van der Waals surface area contributed by atoms with E-state index in [1.165, 1.54) is 22.8 Å². The van der Waals surface area contributed by atoms with Gasteiger partial charge in [0.05, 0.1) is 0 Å². The normalized spacial score (nSPS) is 17.3. The molecule has 2 heterocycles. The molecule has 0 spiro atoms. The maximum Gasteiger partial charge on any atom is 0.168 e. The Kier molecular flexibility index (Phi) is 3.93. The highest BCUT2D eigenvalue weighted by molar-refractivity contribution is 7.93. The van der Waals surface area contributed by atoms with Crippen molar-refractivity contribution in [3.63, 3.8) is 0 Å². The van der Waals surface area contributed by atoms with Crippen LogP contribution in [0.25, 0.3) is 22.6 Å². The molecular weight excluding hydrogens is 296 g/mol. The van der Waals surface area contributed by atoms with Crippen LogP contribution < -0.4 is 0 Å². The molecule has 0 fully saturated rings. The van der Waals surface area contributed by atoms with Crippen LogP contribution in [-0.2, 0) is 9.84 Å². The van der Waals surface area contributed by atoms with E-state index >= 15 is 0 Å². The molecule has 116 valence electrons. The zero-order valence-corrected chi connectivity index (χ0v) is 13.7. The lowest BCUT2D eigenvalue weighted by Gasteiger charge is -2.21. The van der Waals surface area contributed by atoms with Gasteiger partial charge < -0.3 is 9.88 Å². The lowest BCUT2D eigenvalue weighted by molar-refractivity contribution is 0.370. The number of likely N-dealkylation sites (N-methyl/N-ethyl adjacent to an activating group) is 1. The number of hydrogen-bond donors (Lipinski definition) is 1. The summed E-state index contributed by atoms with van der Waals surface area (Å²) in [6.07, 6.45) is 8.20. The third kappa shape index (κ3) is 3.31. The second-order valence-corrected chi connectivity index (χ2v) is 7.81. The number of hydrogen-bond acceptors (Lipinski definition) is 3. The minimum atomic E-state index is -3.10. The van der Waals surface area contributed by atoms with Crippen molar-refractivity contribution >= 4 is 32.4 Å². The first-order valence-corrected chi connectivity index (χ1v) is 9.25. The number of rotatable bonds is 3. The van der Waals surface area contributed by atoms with Gasteiger partial charge in [-0.1, -0.05) is 12.1 Å². The van der Waals surface area contributed by atoms with Gasteiger partial charge in [0.1, 0.15) is 0 Å². The minimum absolute atomic E-state index is 0.896. The Morgan fingerprint density at radius 2 is 2.14 bits per heavy atom. The smallest absolute Gasteiger partial charge is 0.168 e. The number of sulfone groups is 1. The van der Waals surface area contributed by atoms with Crippen LogP contribution in [0.3, 0.4) is 0 Å². The van der Waals surface area contributed by atoms with Crippen LogP contribution in [0, 0.1) is 0 Å². The van der Waals surface area contributed by atoms with Gasteiger partial charge in [-0.3, -0.25) is 0 Å². The van der Waals surface area contributed by atoms with Crippen molar-refractivity contribution < 1.29 is 8.42 Å². The maximum atomic E-state index is 11.3. The van der Waals surface area contributed by atoms with Crippen molar-refractivity contribution in [3.05, 3.63) is 47.0 Å². The number of H-pyrrole nitrogens is 1. The summed E-state index contributed by atoms with van der Waals surface area (Å²) in [5, 5.41) is 2.39. The molecule has 0 unspecified atom stereocenters. The van der Waals surface area contributed by atoms with E-state index in [0.717, 1.165) is 36.0 Å². The number of fused-ring (bicyclic) bond motifs is 1. The van der Waals surface area contributed by atoms with Gasteiger partial charge in [0.15, 0.2) is 9.84 Å². The highest BCUT2D eigenvalue weighted by atomic mass is 32.2. The van der Waals surface area contributed by atoms with Crippen LogP contribution in [-0.4, -0.2) is 44.7 Å². The monoisotopic (exact) mass is 316 g/mol. The Balaban J connectivity index is 2.01. The maximum absolute atomic E-state index is 11.3. The van der Waals surface area contributed by atoms with Gasteiger partial charge in [0.25, 0.3) is 0 Å². The summed E-state index contributed by atoms with van der Waals surface area (Å²) in [4.78, 5) is 5.59. The first-order valence-electron chi connectivity index (χ1n) is 7.29. The molecule has 1 aliphatic rings. The van der Waals surface area contributed by atoms with E-state index in [1.807, 2.05) is 24.4 Å². The first kappa shape index (κ1) is 15.1. The van der Waals surface area contributed by atoms with Gasteiger partial charge in [0.2, 0.25) is 0 Å². The van der Waals surface area contributed by atoms with Crippen molar-refractivity contribution in [2.24, 2.45) is 0 Å². The number of nitrogens with one attached hydrogen (secondary N) is 1. The van der Waals surface area contributed by atoms with Crippen LogP contribution >= 0.6 is 0 Å². The van der Waals surface area contributed by atoms with Crippen molar-refractivity contribution in [2.45, 2.75) is 6.42 Å². The van der Waals surface area contributed by atoms with E-state index in [-0.39, 0.29) is 0 Å². The molecule has 0 saturated carbocycles. The number of aromatic nitrogens is 1. The van der Waals surface area contributed by atoms with E-state index in [1.54, 1.807) is 6.08 Å². The highest BCUT2D eigenvalue weighted by Gasteiger charge is 2.13. The Hall–Kier alpha value is -1.85. The third-order valence-electron chi connectivity index (χ3n) is 3.97. The van der Waals surface area contributed by atoms with Crippen LogP contribution in [0.2, 0.25) is 0 Å². The molecule has 1 aromatic heterocycles. The average Bonchev–Trinajstić information content (AvgIpc) is 2.88. The fourth-order valence-corrected chi connectivity index (χ4v) is 3.13. The van der Waals surface area contributed by atoms with Gasteiger partial charge in [-0.25, -0.2) is 8.42 Å². The summed E-state index contributed by atoms with van der Waals surface area (Å²) < 4.78 is 22.5. The Bertz CT molecular complexity index is 860. The van der Waals surface area contributed by atoms with Crippen molar-refractivity contribution in [3.8, 4) is 0 Å². The van der Waals surface area contributed by atoms with E-state index in [0.29, 0.717) is 0 Å². The van der Waals surface area contributed by atoms with E-state index in [4.69, 9.17) is 0 Å². The van der Waals surface area contributed by atoms with Crippen molar-refractivity contribution in [1.82, 2.24) is 9.88 Å². The lowest BCUT2D eigenvalue weighted by Crippen LogP contribution is -2.23. The summed E-state index contributed by atoms with van der Waals surface area (Å²) in [5.74, 6) is 0. The standard InChI is InChI=1S/C17H20N2O2S/c1-19-8-5-14(6-9-19)16-12-18-17-4-3-13(11-15(16)17)7-10-22(2,20)21/h3-5,7,10-12,18H,6,8-9H2,1-2H3. The SMILES string of the molecule is CN1CC=C(c2c[nH]c3ccc(C=CS(C)(=O)=O)cc23)CC1. The molecule has 0 atom stereocenters. The van der Waals surface area contributed by atoms with Gasteiger partial charge in [-0.15, -0.1) is 0 Å². The summed E-state index contributed by atoms with van der Waals surface area (Å²) in [5.41, 5.74) is 4.55. The fraction of sp³-hybridized carbons (Fsp3) is 0.294. The molecule has 0 saturated heterocycles. The van der Waals surface area contributed by atoms with E-state index in [2.05, 4.69) is 23.0 Å². The number of benzene rings is 1. The quantitative estimate of drug-likeness (QED) is 0.947. The predicted molar refractivity (Wildman–Crippen MR) is 92.3 cm³/mol. The van der Waals surface area contributed by atoms with E-state index < -0.39 is 9.84 Å². The molecule has 0 bridgehead atoms. The molecule has 0 radical (unpaired) electrons. The van der Waals surface area contributed by atoms with Crippen LogP contribution in [0.5, 0.6) is 0 Å². The molecule has 3 rings (SSSR count). The minimum Gasteiger partial charge on any atom is -0.361 e. The number of aromatic amines is 1. The highest BCUT2D eigenvalue weighted by Crippen LogP contribution is 2.29. The van der Waals surface area contributed by atoms with Crippen LogP contribution in [0.1, 0.15) is 17.5 Å². The summed E-state index contributed by atoms with van der Waals surface area (Å²) in [7, 11) is -0.983. The van der Waals surface area contributed by atoms with Gasteiger partial charge in [-0.2, -0.15) is 0 Å². The van der Waals surface area contributed by atoms with Crippen LogP contribution in [0.4, 0.5) is 0 Å². The molecule has 2 aromatic rings. The Labute approximate surface area is 131 Å². The third-order valence-corrected chi connectivity index (χ3v) is 4.60. The first-order chi connectivity index (χ1) is 10.4. The lowest BCUT2D eigenvalue weighted by atomic mass is 9.98. The Morgan fingerprint density at radius 3 is 2.82 bits per heavy atom. The second kappa shape index (κ2) is 5.74. The summed E-state index contributed by atoms with van der Waals surface area (Å²) >= 11 is 0.